The van der Waals surface area contributed by atoms with Crippen LogP contribution in [0.15, 0.2) is 54.6 Å². The van der Waals surface area contributed by atoms with E-state index in [0.29, 0.717) is 12.2 Å². The number of tetrazole rings is 1. The van der Waals surface area contributed by atoms with Crippen LogP contribution in [0.4, 0.5) is 5.69 Å². The maximum atomic E-state index is 13.4. The molecule has 1 unspecified atom stereocenters. The van der Waals surface area contributed by atoms with E-state index in [-0.39, 0.29) is 24.8 Å². The number of aromatic nitrogens is 4. The number of aromatic amines is 1. The van der Waals surface area contributed by atoms with Gasteiger partial charge in [-0.1, -0.05) is 53.7 Å². The molecule has 0 saturated heterocycles. The van der Waals surface area contributed by atoms with E-state index in [1.807, 2.05) is 54.6 Å². The van der Waals surface area contributed by atoms with E-state index in [1.54, 1.807) is 11.9 Å². The topological polar surface area (TPSA) is 104 Å². The molecule has 1 aliphatic heterocycles. The summed E-state index contributed by atoms with van der Waals surface area (Å²) >= 11 is 0. The lowest BCUT2D eigenvalue weighted by Crippen LogP contribution is -2.44. The Kier molecular flexibility index (Phi) is 4.60. The number of nitrogens with one attached hydrogen (secondary N) is 2. The van der Waals surface area contributed by atoms with Crippen LogP contribution in [0.3, 0.4) is 0 Å². The van der Waals surface area contributed by atoms with Crippen LogP contribution in [-0.4, -0.2) is 39.5 Å². The zero-order valence-corrected chi connectivity index (χ0v) is 15.4. The molecule has 0 aliphatic carbocycles. The van der Waals surface area contributed by atoms with Crippen LogP contribution in [0.25, 0.3) is 0 Å². The first-order valence-electron chi connectivity index (χ1n) is 9.01. The molecule has 0 fully saturated rings. The maximum Gasteiger partial charge on any atom is 0.238 e. The number of carbonyl (C=O) groups excluding carboxylic acids is 2. The number of hydrogen-bond donors (Lipinski definition) is 2. The normalized spacial score (nSPS) is 18.2. The number of anilines is 1. The average Bonchev–Trinajstić information content (AvgIpc) is 3.31. The highest BCUT2D eigenvalue weighted by molar-refractivity contribution is 6.09. The number of benzene rings is 2. The molecule has 8 heteroatoms. The summed E-state index contributed by atoms with van der Waals surface area (Å²) in [6, 6.07) is 17.4. The molecular weight excluding hydrogens is 356 g/mol. The molecule has 8 nitrogen and oxygen atoms in total. The van der Waals surface area contributed by atoms with E-state index >= 15 is 0 Å². The summed E-state index contributed by atoms with van der Waals surface area (Å²) in [5.41, 5.74) is 1.77. The fourth-order valence-electron chi connectivity index (χ4n) is 3.84. The molecule has 0 spiro atoms. The number of likely N-dealkylation sites (N-methyl/N-ethyl adjacent to an activating group) is 1. The Balaban J connectivity index is 1.66. The first kappa shape index (κ1) is 17.8. The molecule has 1 aromatic heterocycles. The molecule has 1 atom stereocenters. The van der Waals surface area contributed by atoms with Crippen molar-refractivity contribution in [1.29, 1.82) is 0 Å². The molecule has 28 heavy (non-hydrogen) atoms. The zero-order chi connectivity index (χ0) is 19.6. The van der Waals surface area contributed by atoms with Gasteiger partial charge in [-0.25, -0.2) is 0 Å². The first-order chi connectivity index (χ1) is 13.6. The number of para-hydroxylation sites is 1. The molecule has 2 amide bonds. The van der Waals surface area contributed by atoms with E-state index in [4.69, 9.17) is 0 Å². The standard InChI is InChI=1S/C20H20N6O2/c1-26-16-10-6-5-9-15(16)20(19(26)28,11-14-7-3-2-4-8-14)12-18(27)21-13-17-22-24-25-23-17/h2-10H,11-13H2,1H3,(H,21,27)(H,22,23,24,25). The van der Waals surface area contributed by atoms with Gasteiger partial charge in [0.05, 0.1) is 12.0 Å². The first-order valence-corrected chi connectivity index (χ1v) is 9.01. The summed E-state index contributed by atoms with van der Waals surface area (Å²) < 4.78 is 0. The van der Waals surface area contributed by atoms with E-state index in [0.717, 1.165) is 16.8 Å². The van der Waals surface area contributed by atoms with E-state index < -0.39 is 5.41 Å². The third-order valence-electron chi connectivity index (χ3n) is 5.14. The zero-order valence-electron chi connectivity index (χ0n) is 15.4. The van der Waals surface area contributed by atoms with Gasteiger partial charge in [0.1, 0.15) is 0 Å². The smallest absolute Gasteiger partial charge is 0.238 e. The predicted molar refractivity (Wildman–Crippen MR) is 102 cm³/mol. The van der Waals surface area contributed by atoms with Crippen LogP contribution in [0.5, 0.6) is 0 Å². The molecular formula is C20H20N6O2. The third kappa shape index (κ3) is 3.13. The van der Waals surface area contributed by atoms with Gasteiger partial charge >= 0.3 is 0 Å². The summed E-state index contributed by atoms with van der Waals surface area (Å²) in [7, 11) is 1.76. The minimum absolute atomic E-state index is 0.0416. The van der Waals surface area contributed by atoms with Crippen molar-refractivity contribution in [2.45, 2.75) is 24.8 Å². The lowest BCUT2D eigenvalue weighted by molar-refractivity contribution is -0.129. The molecule has 0 radical (unpaired) electrons. The Morgan fingerprint density at radius 2 is 1.89 bits per heavy atom. The summed E-state index contributed by atoms with van der Waals surface area (Å²) in [5, 5.41) is 16.3. The van der Waals surface area contributed by atoms with Gasteiger partial charge in [-0.3, -0.25) is 9.59 Å². The van der Waals surface area contributed by atoms with Crippen molar-refractivity contribution in [3.8, 4) is 0 Å². The summed E-state index contributed by atoms with van der Waals surface area (Å²) in [6.45, 7) is 0.155. The second-order valence-electron chi connectivity index (χ2n) is 6.91. The summed E-state index contributed by atoms with van der Waals surface area (Å²) in [6.07, 6.45) is 0.490. The van der Waals surface area contributed by atoms with Gasteiger partial charge in [-0.2, -0.15) is 5.21 Å². The highest BCUT2D eigenvalue weighted by Gasteiger charge is 2.50. The minimum atomic E-state index is -0.950. The Bertz CT molecular complexity index is 989. The van der Waals surface area contributed by atoms with Crippen molar-refractivity contribution >= 4 is 17.5 Å². The summed E-state index contributed by atoms with van der Waals surface area (Å²) in [4.78, 5) is 27.8. The Morgan fingerprint density at radius 3 is 2.64 bits per heavy atom. The Labute approximate surface area is 162 Å². The molecule has 2 N–H and O–H groups in total. The van der Waals surface area contributed by atoms with Gasteiger partial charge in [-0.05, 0) is 23.6 Å². The van der Waals surface area contributed by atoms with Crippen molar-refractivity contribution < 1.29 is 9.59 Å². The fourth-order valence-corrected chi connectivity index (χ4v) is 3.84. The minimum Gasteiger partial charge on any atom is -0.349 e. The van der Waals surface area contributed by atoms with Crippen molar-refractivity contribution in [2.24, 2.45) is 0 Å². The van der Waals surface area contributed by atoms with Gasteiger partial charge < -0.3 is 10.2 Å². The van der Waals surface area contributed by atoms with Gasteiger partial charge in [0, 0.05) is 19.2 Å². The van der Waals surface area contributed by atoms with Gasteiger partial charge in [0.25, 0.3) is 0 Å². The van der Waals surface area contributed by atoms with Crippen molar-refractivity contribution in [2.75, 3.05) is 11.9 Å². The molecule has 2 aromatic carbocycles. The SMILES string of the molecule is CN1C(=O)C(CC(=O)NCc2nn[nH]n2)(Cc2ccccc2)c2ccccc21. The molecule has 0 bridgehead atoms. The van der Waals surface area contributed by atoms with Gasteiger partial charge in [0.2, 0.25) is 11.8 Å². The average molecular weight is 376 g/mol. The lowest BCUT2D eigenvalue weighted by atomic mass is 9.73. The van der Waals surface area contributed by atoms with E-state index in [1.165, 1.54) is 0 Å². The number of fused-ring (bicyclic) bond motifs is 1. The number of H-pyrrole nitrogens is 1. The number of hydrogen-bond acceptors (Lipinski definition) is 5. The maximum absolute atomic E-state index is 13.4. The molecule has 3 aromatic rings. The van der Waals surface area contributed by atoms with Crippen molar-refractivity contribution in [3.63, 3.8) is 0 Å². The highest BCUT2D eigenvalue weighted by atomic mass is 16.2. The van der Waals surface area contributed by atoms with Crippen molar-refractivity contribution in [3.05, 3.63) is 71.5 Å². The molecule has 0 saturated carbocycles. The third-order valence-corrected chi connectivity index (χ3v) is 5.14. The number of nitrogens with zero attached hydrogens (tertiary/aromatic N) is 4. The van der Waals surface area contributed by atoms with Crippen LogP contribution in [-0.2, 0) is 28.0 Å². The largest absolute Gasteiger partial charge is 0.349 e. The van der Waals surface area contributed by atoms with Gasteiger partial charge in [0.15, 0.2) is 5.82 Å². The second-order valence-corrected chi connectivity index (χ2v) is 6.91. The van der Waals surface area contributed by atoms with Crippen molar-refractivity contribution in [1.82, 2.24) is 25.9 Å². The predicted octanol–water partition coefficient (Wildman–Crippen LogP) is 1.36. The summed E-state index contributed by atoms with van der Waals surface area (Å²) in [5.74, 6) is 0.0761. The van der Waals surface area contributed by atoms with E-state index in [2.05, 4.69) is 25.9 Å². The lowest BCUT2D eigenvalue weighted by Gasteiger charge is -2.28. The molecule has 1 aliphatic rings. The molecule has 2 heterocycles. The number of rotatable bonds is 6. The number of amides is 2. The second kappa shape index (κ2) is 7.22. The van der Waals surface area contributed by atoms with Crippen LogP contribution in [0, 0.1) is 0 Å². The quantitative estimate of drug-likeness (QED) is 0.676. The fraction of sp³-hybridized carbons (Fsp3) is 0.250. The Morgan fingerprint density at radius 1 is 1.14 bits per heavy atom. The molecule has 142 valence electrons. The van der Waals surface area contributed by atoms with Crippen LogP contribution in [0.1, 0.15) is 23.4 Å². The van der Waals surface area contributed by atoms with Crippen LogP contribution in [0.2, 0.25) is 0 Å². The van der Waals surface area contributed by atoms with E-state index in [9.17, 15) is 9.59 Å². The number of carbonyl (C=O) groups is 2. The van der Waals surface area contributed by atoms with Gasteiger partial charge in [-0.15, -0.1) is 10.2 Å². The highest BCUT2D eigenvalue weighted by Crippen LogP contribution is 2.45. The monoisotopic (exact) mass is 376 g/mol. The van der Waals surface area contributed by atoms with Crippen LogP contribution < -0.4 is 10.2 Å². The van der Waals surface area contributed by atoms with Crippen LogP contribution >= 0.6 is 0 Å². The molecule has 4 rings (SSSR count). The Hall–Kier alpha value is -3.55.